The second-order valence-corrected chi connectivity index (χ2v) is 3.08. The lowest BCUT2D eigenvalue weighted by Crippen LogP contribution is -1.98. The molecule has 0 aliphatic carbocycles. The molecule has 0 bridgehead atoms. The van der Waals surface area contributed by atoms with E-state index < -0.39 is 0 Å². The van der Waals surface area contributed by atoms with Gasteiger partial charge in [-0.15, -0.1) is 0 Å². The third kappa shape index (κ3) is 2.57. The molecule has 0 unspecified atom stereocenters. The molecule has 0 spiro atoms. The van der Waals surface area contributed by atoms with Crippen molar-refractivity contribution in [2.75, 3.05) is 0 Å². The van der Waals surface area contributed by atoms with Crippen LogP contribution in [0.3, 0.4) is 0 Å². The van der Waals surface area contributed by atoms with Gasteiger partial charge in [-0.2, -0.15) is 4.98 Å². The number of ether oxygens (including phenoxy) is 1. The fourth-order valence-electron chi connectivity index (χ4n) is 1.17. The maximum atomic E-state index is 5.39. The predicted octanol–water partition coefficient (Wildman–Crippen LogP) is 1.71. The van der Waals surface area contributed by atoms with Crippen LogP contribution in [0.15, 0.2) is 41.0 Å². The molecule has 1 aromatic heterocycles. The van der Waals surface area contributed by atoms with Gasteiger partial charge in [-0.3, -0.25) is 0 Å². The summed E-state index contributed by atoms with van der Waals surface area (Å²) in [4.78, 5) is 4.03. The van der Waals surface area contributed by atoms with Crippen LogP contribution >= 0.6 is 0 Å². The van der Waals surface area contributed by atoms with E-state index >= 15 is 0 Å². The third-order valence-electron chi connectivity index (χ3n) is 1.94. The maximum absolute atomic E-state index is 5.39. The fraction of sp³-hybridized carbons (Fsp3) is 0.182. The molecule has 0 radical (unpaired) electrons. The molecule has 15 heavy (non-hydrogen) atoms. The molecule has 0 saturated carbocycles. The second-order valence-electron chi connectivity index (χ2n) is 3.08. The average molecular weight is 204 g/mol. The van der Waals surface area contributed by atoms with Crippen LogP contribution in [0.5, 0.6) is 6.08 Å². The summed E-state index contributed by atoms with van der Waals surface area (Å²) in [5, 5.41) is 0. The molecule has 4 heteroatoms. The van der Waals surface area contributed by atoms with Crippen molar-refractivity contribution in [3.8, 4) is 6.08 Å². The van der Waals surface area contributed by atoms with Crippen LogP contribution in [0.4, 0.5) is 0 Å². The number of oxazole rings is 1. The topological polar surface area (TPSA) is 61.3 Å². The zero-order valence-electron chi connectivity index (χ0n) is 8.22. The van der Waals surface area contributed by atoms with Crippen LogP contribution in [-0.4, -0.2) is 4.98 Å². The molecule has 2 aromatic rings. The second kappa shape index (κ2) is 4.61. The Morgan fingerprint density at radius 2 is 2.07 bits per heavy atom. The lowest BCUT2D eigenvalue weighted by Gasteiger charge is -2.00. The Morgan fingerprint density at radius 3 is 2.73 bits per heavy atom. The molecule has 0 aliphatic rings. The van der Waals surface area contributed by atoms with Crippen molar-refractivity contribution in [3.63, 3.8) is 0 Å². The first kappa shape index (κ1) is 9.73. The van der Waals surface area contributed by atoms with Crippen molar-refractivity contribution in [2.24, 2.45) is 5.73 Å². The highest BCUT2D eigenvalue weighted by atomic mass is 16.6. The molecule has 0 saturated heterocycles. The molecule has 0 fully saturated rings. The van der Waals surface area contributed by atoms with Crippen LogP contribution in [-0.2, 0) is 13.2 Å². The molecule has 2 rings (SSSR count). The van der Waals surface area contributed by atoms with Gasteiger partial charge in [0.05, 0.1) is 5.69 Å². The van der Waals surface area contributed by atoms with Gasteiger partial charge in [0.2, 0.25) is 0 Å². The number of benzene rings is 1. The van der Waals surface area contributed by atoms with Crippen molar-refractivity contribution < 1.29 is 9.15 Å². The fourth-order valence-corrected chi connectivity index (χ4v) is 1.17. The summed E-state index contributed by atoms with van der Waals surface area (Å²) in [6, 6.07) is 9.83. The van der Waals surface area contributed by atoms with Crippen LogP contribution in [0, 0.1) is 0 Å². The Morgan fingerprint density at radius 1 is 1.27 bits per heavy atom. The normalized spacial score (nSPS) is 10.2. The number of hydrogen-bond donors (Lipinski definition) is 1. The highest BCUT2D eigenvalue weighted by Gasteiger charge is 2.03. The molecular weight excluding hydrogens is 192 g/mol. The summed E-state index contributed by atoms with van der Waals surface area (Å²) in [6.45, 7) is 0.809. The lowest BCUT2D eigenvalue weighted by molar-refractivity contribution is 0.220. The van der Waals surface area contributed by atoms with Gasteiger partial charge in [0.1, 0.15) is 12.9 Å². The summed E-state index contributed by atoms with van der Waals surface area (Å²) >= 11 is 0. The number of aromatic nitrogens is 1. The highest BCUT2D eigenvalue weighted by molar-refractivity contribution is 5.14. The first-order chi connectivity index (χ1) is 7.38. The summed E-state index contributed by atoms with van der Waals surface area (Å²) < 4.78 is 10.4. The Kier molecular flexibility index (Phi) is 2.99. The van der Waals surface area contributed by atoms with E-state index in [-0.39, 0.29) is 6.08 Å². The summed E-state index contributed by atoms with van der Waals surface area (Å²) in [5.41, 5.74) is 7.16. The van der Waals surface area contributed by atoms with E-state index in [4.69, 9.17) is 14.9 Å². The Labute approximate surface area is 87.7 Å². The van der Waals surface area contributed by atoms with E-state index in [1.807, 2.05) is 30.3 Å². The van der Waals surface area contributed by atoms with Crippen molar-refractivity contribution in [1.29, 1.82) is 0 Å². The highest BCUT2D eigenvalue weighted by Crippen LogP contribution is 2.11. The molecule has 78 valence electrons. The van der Waals surface area contributed by atoms with Gasteiger partial charge in [0.25, 0.3) is 0 Å². The summed E-state index contributed by atoms with van der Waals surface area (Å²) in [7, 11) is 0. The number of nitrogens with two attached hydrogens (primary N) is 1. The quantitative estimate of drug-likeness (QED) is 0.823. The van der Waals surface area contributed by atoms with Gasteiger partial charge in [-0.05, 0) is 5.56 Å². The Balaban J connectivity index is 1.93. The van der Waals surface area contributed by atoms with E-state index in [1.165, 1.54) is 6.26 Å². The van der Waals surface area contributed by atoms with Gasteiger partial charge < -0.3 is 14.9 Å². The zero-order valence-corrected chi connectivity index (χ0v) is 8.22. The average Bonchev–Trinajstić information content (AvgIpc) is 2.76. The summed E-state index contributed by atoms with van der Waals surface area (Å²) in [6.07, 6.45) is 1.76. The van der Waals surface area contributed by atoms with E-state index in [9.17, 15) is 0 Å². The molecule has 1 heterocycles. The van der Waals surface area contributed by atoms with Crippen LogP contribution in [0.2, 0.25) is 0 Å². The third-order valence-corrected chi connectivity index (χ3v) is 1.94. The van der Waals surface area contributed by atoms with E-state index in [0.717, 1.165) is 5.56 Å². The van der Waals surface area contributed by atoms with Gasteiger partial charge in [-0.1, -0.05) is 30.3 Å². The molecule has 1 aromatic carbocycles. The van der Waals surface area contributed by atoms with Crippen molar-refractivity contribution >= 4 is 0 Å². The molecule has 0 amide bonds. The molecule has 4 nitrogen and oxygen atoms in total. The van der Waals surface area contributed by atoms with Gasteiger partial charge in [-0.25, -0.2) is 0 Å². The largest absolute Gasteiger partial charge is 0.445 e. The lowest BCUT2D eigenvalue weighted by atomic mass is 10.2. The number of hydrogen-bond acceptors (Lipinski definition) is 4. The molecule has 0 atom stereocenters. The van der Waals surface area contributed by atoms with Crippen molar-refractivity contribution in [2.45, 2.75) is 13.2 Å². The first-order valence-corrected chi connectivity index (χ1v) is 4.69. The molecular formula is C11H12N2O2. The Hall–Kier alpha value is -1.81. The minimum absolute atomic E-state index is 0.263. The van der Waals surface area contributed by atoms with Crippen molar-refractivity contribution in [3.05, 3.63) is 47.9 Å². The van der Waals surface area contributed by atoms with Gasteiger partial charge in [0, 0.05) is 6.54 Å². The number of nitrogens with zero attached hydrogens (tertiary/aromatic N) is 1. The van der Waals surface area contributed by atoms with Gasteiger partial charge in [0.15, 0.2) is 0 Å². The molecule has 0 aliphatic heterocycles. The summed E-state index contributed by atoms with van der Waals surface area (Å²) in [5.74, 6) is 0. The maximum Gasteiger partial charge on any atom is 0.394 e. The standard InChI is InChI=1S/C11H12N2O2/c12-6-10-8-15-11(13-10)14-7-9-4-2-1-3-5-9/h1-5,8H,6-7,12H2. The van der Waals surface area contributed by atoms with E-state index in [2.05, 4.69) is 4.98 Å². The minimum Gasteiger partial charge on any atom is -0.445 e. The minimum atomic E-state index is 0.263. The van der Waals surface area contributed by atoms with E-state index in [1.54, 1.807) is 0 Å². The van der Waals surface area contributed by atoms with Crippen LogP contribution in [0.25, 0.3) is 0 Å². The monoisotopic (exact) mass is 204 g/mol. The Bertz CT molecular complexity index is 412. The smallest absolute Gasteiger partial charge is 0.394 e. The number of rotatable bonds is 4. The van der Waals surface area contributed by atoms with Crippen LogP contribution < -0.4 is 10.5 Å². The van der Waals surface area contributed by atoms with E-state index in [0.29, 0.717) is 18.8 Å². The van der Waals surface area contributed by atoms with Crippen LogP contribution in [0.1, 0.15) is 11.3 Å². The molecule has 2 N–H and O–H groups in total. The first-order valence-electron chi connectivity index (χ1n) is 4.69. The van der Waals surface area contributed by atoms with Crippen molar-refractivity contribution in [1.82, 2.24) is 4.98 Å². The SMILES string of the molecule is NCc1coc(OCc2ccccc2)n1. The zero-order chi connectivity index (χ0) is 10.5. The van der Waals surface area contributed by atoms with Gasteiger partial charge >= 0.3 is 6.08 Å². The predicted molar refractivity (Wildman–Crippen MR) is 55.2 cm³/mol.